The number of aromatic nitrogens is 1. The molecule has 1 aromatic heterocycles. The SMILES string of the molecule is Cc1cc(C(=O)OCC(=O)Nc2ncc(Cl)c(C)c2Cl)ccc1[N+](=O)[O-]. The summed E-state index contributed by atoms with van der Waals surface area (Å²) in [5.41, 5.74) is 0.844. The Bertz CT molecular complexity index is 902. The minimum atomic E-state index is -0.788. The highest BCUT2D eigenvalue weighted by Crippen LogP contribution is 2.28. The Balaban J connectivity index is 1.99. The molecule has 0 atom stereocenters. The Morgan fingerprint density at radius 3 is 2.62 bits per heavy atom. The summed E-state index contributed by atoms with van der Waals surface area (Å²) in [7, 11) is 0. The number of nitro groups is 1. The molecule has 1 aromatic carbocycles. The highest BCUT2D eigenvalue weighted by Gasteiger charge is 2.17. The molecule has 0 spiro atoms. The van der Waals surface area contributed by atoms with E-state index in [1.807, 2.05) is 0 Å². The number of esters is 1. The molecule has 0 radical (unpaired) electrons. The van der Waals surface area contributed by atoms with Crippen LogP contribution in [0.1, 0.15) is 21.5 Å². The topological polar surface area (TPSA) is 111 Å². The minimum absolute atomic E-state index is 0.0967. The van der Waals surface area contributed by atoms with Crippen LogP contribution in [-0.4, -0.2) is 28.4 Å². The molecule has 0 unspecified atom stereocenters. The van der Waals surface area contributed by atoms with Gasteiger partial charge in [-0.2, -0.15) is 0 Å². The van der Waals surface area contributed by atoms with Gasteiger partial charge in [-0.1, -0.05) is 23.2 Å². The highest BCUT2D eigenvalue weighted by molar-refractivity contribution is 6.37. The number of nitro benzene ring substituents is 1. The van der Waals surface area contributed by atoms with Crippen molar-refractivity contribution in [2.75, 3.05) is 11.9 Å². The minimum Gasteiger partial charge on any atom is -0.452 e. The van der Waals surface area contributed by atoms with E-state index in [0.717, 1.165) is 0 Å². The smallest absolute Gasteiger partial charge is 0.338 e. The number of ether oxygens (including phenoxy) is 1. The number of rotatable bonds is 5. The van der Waals surface area contributed by atoms with Crippen LogP contribution >= 0.6 is 23.2 Å². The lowest BCUT2D eigenvalue weighted by Gasteiger charge is -2.09. The predicted octanol–water partition coefficient (Wildman–Crippen LogP) is 3.71. The van der Waals surface area contributed by atoms with Gasteiger partial charge in [0, 0.05) is 17.8 Å². The lowest BCUT2D eigenvalue weighted by molar-refractivity contribution is -0.385. The molecular formula is C16H13Cl2N3O5. The number of pyridine rings is 1. The van der Waals surface area contributed by atoms with Crippen molar-refractivity contribution in [1.82, 2.24) is 4.98 Å². The summed E-state index contributed by atoms with van der Waals surface area (Å²) in [5.74, 6) is -1.33. The fraction of sp³-hybridized carbons (Fsp3) is 0.188. The zero-order valence-electron chi connectivity index (χ0n) is 13.7. The zero-order valence-corrected chi connectivity index (χ0v) is 15.2. The quantitative estimate of drug-likeness (QED) is 0.467. The Morgan fingerprint density at radius 1 is 1.31 bits per heavy atom. The van der Waals surface area contributed by atoms with Crippen LogP contribution in [0.4, 0.5) is 11.5 Å². The molecule has 1 amide bonds. The molecule has 0 saturated heterocycles. The summed E-state index contributed by atoms with van der Waals surface area (Å²) in [6.45, 7) is 2.59. The number of anilines is 1. The molecule has 0 fully saturated rings. The average molecular weight is 398 g/mol. The molecular weight excluding hydrogens is 385 g/mol. The number of amides is 1. The van der Waals surface area contributed by atoms with Gasteiger partial charge in [0.25, 0.3) is 11.6 Å². The van der Waals surface area contributed by atoms with Crippen LogP contribution in [0, 0.1) is 24.0 Å². The first kappa shape index (κ1) is 19.6. The fourth-order valence-corrected chi connectivity index (χ4v) is 2.40. The molecule has 2 aromatic rings. The number of aryl methyl sites for hydroxylation is 1. The number of halogens is 2. The molecule has 0 bridgehead atoms. The fourth-order valence-electron chi connectivity index (χ4n) is 2.01. The summed E-state index contributed by atoms with van der Waals surface area (Å²) in [6, 6.07) is 3.78. The Hall–Kier alpha value is -2.71. The van der Waals surface area contributed by atoms with Crippen LogP contribution in [0.3, 0.4) is 0 Å². The van der Waals surface area contributed by atoms with Crippen molar-refractivity contribution in [2.45, 2.75) is 13.8 Å². The number of hydrogen-bond donors (Lipinski definition) is 1. The van der Waals surface area contributed by atoms with Gasteiger partial charge in [0.15, 0.2) is 12.4 Å². The first-order valence-electron chi connectivity index (χ1n) is 7.23. The monoisotopic (exact) mass is 397 g/mol. The van der Waals surface area contributed by atoms with Gasteiger partial charge in [-0.3, -0.25) is 14.9 Å². The van der Waals surface area contributed by atoms with Crippen molar-refractivity contribution in [3.63, 3.8) is 0 Å². The van der Waals surface area contributed by atoms with Gasteiger partial charge >= 0.3 is 5.97 Å². The maximum atomic E-state index is 12.0. The number of nitrogens with one attached hydrogen (secondary N) is 1. The Morgan fingerprint density at radius 2 is 2.00 bits per heavy atom. The molecule has 8 nitrogen and oxygen atoms in total. The average Bonchev–Trinajstić information content (AvgIpc) is 2.59. The Labute approximate surface area is 158 Å². The van der Waals surface area contributed by atoms with Gasteiger partial charge in [-0.15, -0.1) is 0 Å². The van der Waals surface area contributed by atoms with E-state index in [4.69, 9.17) is 27.9 Å². The highest BCUT2D eigenvalue weighted by atomic mass is 35.5. The molecule has 0 aliphatic heterocycles. The van der Waals surface area contributed by atoms with Crippen LogP contribution in [-0.2, 0) is 9.53 Å². The molecule has 1 heterocycles. The second kappa shape index (κ2) is 8.11. The lowest BCUT2D eigenvalue weighted by Crippen LogP contribution is -2.21. The normalized spacial score (nSPS) is 10.3. The van der Waals surface area contributed by atoms with Crippen LogP contribution in [0.15, 0.2) is 24.4 Å². The van der Waals surface area contributed by atoms with Gasteiger partial charge in [-0.05, 0) is 31.5 Å². The summed E-state index contributed by atoms with van der Waals surface area (Å²) in [5, 5.41) is 13.7. The van der Waals surface area contributed by atoms with Crippen LogP contribution < -0.4 is 5.32 Å². The van der Waals surface area contributed by atoms with Crippen molar-refractivity contribution < 1.29 is 19.2 Å². The van der Waals surface area contributed by atoms with Gasteiger partial charge in [0.2, 0.25) is 0 Å². The van der Waals surface area contributed by atoms with E-state index in [0.29, 0.717) is 16.1 Å². The van der Waals surface area contributed by atoms with E-state index < -0.39 is 23.4 Å². The van der Waals surface area contributed by atoms with E-state index in [2.05, 4.69) is 10.3 Å². The molecule has 136 valence electrons. The number of carbonyl (C=O) groups is 2. The van der Waals surface area contributed by atoms with E-state index in [-0.39, 0.29) is 22.1 Å². The van der Waals surface area contributed by atoms with Gasteiger partial charge in [0.1, 0.15) is 0 Å². The summed E-state index contributed by atoms with van der Waals surface area (Å²) >= 11 is 11.9. The number of carbonyl (C=O) groups excluding carboxylic acids is 2. The molecule has 10 heteroatoms. The molecule has 0 aliphatic carbocycles. The van der Waals surface area contributed by atoms with Gasteiger partial charge in [-0.25, -0.2) is 9.78 Å². The third kappa shape index (κ3) is 4.47. The molecule has 0 saturated carbocycles. The molecule has 2 rings (SSSR count). The van der Waals surface area contributed by atoms with Gasteiger partial charge in [0.05, 0.1) is 20.5 Å². The number of benzene rings is 1. The zero-order chi connectivity index (χ0) is 19.4. The van der Waals surface area contributed by atoms with Crippen molar-refractivity contribution in [3.8, 4) is 0 Å². The Kier molecular flexibility index (Phi) is 6.12. The van der Waals surface area contributed by atoms with Crippen LogP contribution in [0.2, 0.25) is 10.0 Å². The summed E-state index contributed by atoms with van der Waals surface area (Å²) in [6.07, 6.45) is 1.34. The van der Waals surface area contributed by atoms with E-state index in [1.165, 1.54) is 31.3 Å². The van der Waals surface area contributed by atoms with Crippen molar-refractivity contribution in [3.05, 3.63) is 61.2 Å². The van der Waals surface area contributed by atoms with Crippen LogP contribution in [0.25, 0.3) is 0 Å². The maximum Gasteiger partial charge on any atom is 0.338 e. The first-order chi connectivity index (χ1) is 12.2. The van der Waals surface area contributed by atoms with Crippen molar-refractivity contribution in [1.29, 1.82) is 0 Å². The van der Waals surface area contributed by atoms with Crippen molar-refractivity contribution in [2.24, 2.45) is 0 Å². The standard InChI is InChI=1S/C16H13Cl2N3O5/c1-8-5-10(3-4-12(8)21(24)25)16(23)26-7-13(22)20-15-14(18)9(2)11(17)6-19-15/h3-6H,7H2,1-2H3,(H,19,20,22). The number of nitrogens with zero attached hydrogens (tertiary/aromatic N) is 2. The molecule has 1 N–H and O–H groups in total. The maximum absolute atomic E-state index is 12.0. The number of hydrogen-bond acceptors (Lipinski definition) is 6. The van der Waals surface area contributed by atoms with E-state index in [9.17, 15) is 19.7 Å². The van der Waals surface area contributed by atoms with E-state index in [1.54, 1.807) is 6.92 Å². The largest absolute Gasteiger partial charge is 0.452 e. The second-order valence-corrected chi connectivity index (χ2v) is 6.06. The molecule has 0 aliphatic rings. The van der Waals surface area contributed by atoms with E-state index >= 15 is 0 Å². The van der Waals surface area contributed by atoms with Crippen molar-refractivity contribution >= 4 is 46.6 Å². The summed E-state index contributed by atoms with van der Waals surface area (Å²) in [4.78, 5) is 38.0. The third-order valence-electron chi connectivity index (χ3n) is 3.42. The second-order valence-electron chi connectivity index (χ2n) is 5.28. The first-order valence-corrected chi connectivity index (χ1v) is 7.99. The van der Waals surface area contributed by atoms with Crippen LogP contribution in [0.5, 0.6) is 0 Å². The third-order valence-corrected chi connectivity index (χ3v) is 4.27. The predicted molar refractivity (Wildman–Crippen MR) is 95.7 cm³/mol. The lowest BCUT2D eigenvalue weighted by atomic mass is 10.1. The summed E-state index contributed by atoms with van der Waals surface area (Å²) < 4.78 is 4.89. The molecule has 26 heavy (non-hydrogen) atoms. The van der Waals surface area contributed by atoms with Gasteiger partial charge < -0.3 is 10.1 Å².